The first-order valence-electron chi connectivity index (χ1n) is 16.9. The topological polar surface area (TPSA) is 88.5 Å². The Morgan fingerprint density at radius 3 is 1.07 bits per heavy atom. The third-order valence-electron chi connectivity index (χ3n) is 6.22. The summed E-state index contributed by atoms with van der Waals surface area (Å²) >= 11 is 14.3. The lowest BCUT2D eigenvalue weighted by Gasteiger charge is -1.98. The van der Waals surface area contributed by atoms with Crippen LogP contribution < -0.4 is 0 Å². The summed E-state index contributed by atoms with van der Waals surface area (Å²) in [6.07, 6.45) is 47.4. The molecule has 0 aliphatic rings. The largest absolute Gasteiger partial charge is 0.481 e. The normalized spacial score (nSPS) is 11.5. The molecule has 0 aliphatic heterocycles. The zero-order valence-corrected chi connectivity index (χ0v) is 30.6. The fraction of sp³-hybridized carbons (Fsp3) is 0.579. The van der Waals surface area contributed by atoms with E-state index < -0.39 is 16.5 Å². The van der Waals surface area contributed by atoms with Crippen molar-refractivity contribution in [2.24, 2.45) is 0 Å². The molecular formula is C38H59Cl3O5. The second kappa shape index (κ2) is 42.8. The molecule has 46 heavy (non-hydrogen) atoms. The summed E-state index contributed by atoms with van der Waals surface area (Å²) in [4.78, 5) is 39.7. The molecule has 1 N–H and O–H groups in total. The molecule has 8 heteroatoms. The van der Waals surface area contributed by atoms with Crippen molar-refractivity contribution in [3.63, 3.8) is 0 Å². The molecule has 0 fully saturated rings. The highest BCUT2D eigenvalue weighted by Gasteiger charge is 2.02. The molecule has 0 spiro atoms. The van der Waals surface area contributed by atoms with E-state index in [0.29, 0.717) is 12.8 Å². The zero-order chi connectivity index (χ0) is 34.9. The molecule has 0 atom stereocenters. The first-order chi connectivity index (χ1) is 22.2. The summed E-state index contributed by atoms with van der Waals surface area (Å²) in [5.74, 6) is -0.675. The lowest BCUT2D eigenvalue weighted by Crippen LogP contribution is -1.94. The Bertz CT molecular complexity index is 843. The van der Waals surface area contributed by atoms with Gasteiger partial charge in [-0.3, -0.25) is 19.2 Å². The second-order valence-corrected chi connectivity index (χ2v) is 11.6. The number of unbranched alkanes of at least 4 members (excludes halogenated alkanes) is 10. The summed E-state index contributed by atoms with van der Waals surface area (Å²) < 4.78 is 0. The van der Waals surface area contributed by atoms with E-state index >= 15 is 0 Å². The van der Waals surface area contributed by atoms with Crippen molar-refractivity contribution in [3.05, 3.63) is 72.9 Å². The number of aliphatic carboxylic acids is 1. The van der Waals surface area contributed by atoms with E-state index in [9.17, 15) is 19.2 Å². The predicted octanol–water partition coefficient (Wildman–Crippen LogP) is 12.5. The first kappa shape index (κ1) is 48.2. The van der Waals surface area contributed by atoms with Gasteiger partial charge in [0.15, 0.2) is 0 Å². The van der Waals surface area contributed by atoms with Crippen LogP contribution in [0.2, 0.25) is 0 Å². The molecule has 0 aromatic heterocycles. The van der Waals surface area contributed by atoms with Crippen LogP contribution in [0.3, 0.4) is 0 Å². The van der Waals surface area contributed by atoms with Gasteiger partial charge in [0.25, 0.3) is 0 Å². The molecule has 0 bridgehead atoms. The van der Waals surface area contributed by atoms with Gasteiger partial charge in [0, 0.05) is 12.8 Å². The molecule has 0 aromatic carbocycles. The van der Waals surface area contributed by atoms with Crippen molar-refractivity contribution < 1.29 is 24.3 Å². The van der Waals surface area contributed by atoms with Crippen molar-refractivity contribution >= 4 is 56.5 Å². The van der Waals surface area contributed by atoms with Crippen molar-refractivity contribution in [3.8, 4) is 0 Å². The van der Waals surface area contributed by atoms with Crippen LogP contribution >= 0.6 is 34.8 Å². The van der Waals surface area contributed by atoms with Gasteiger partial charge in [-0.1, -0.05) is 125 Å². The van der Waals surface area contributed by atoms with Crippen LogP contribution in [-0.4, -0.2) is 26.8 Å². The SMILES string of the molecule is CC/C=C\C/C=C\C/C=C/CCCCCCCC(=O)Cl.CC/C=C\C/C=C\C/C=C/CCCCCCCC(=O)O.O=C(Cl)C(=O)Cl. The number of carbonyl (C=O) groups is 4. The fourth-order valence-corrected chi connectivity index (χ4v) is 3.91. The number of allylic oxidation sites excluding steroid dienone is 12. The minimum absolute atomic E-state index is 0.203. The van der Waals surface area contributed by atoms with Crippen LogP contribution in [0.4, 0.5) is 0 Å². The predicted molar refractivity (Wildman–Crippen MR) is 199 cm³/mol. The molecule has 0 saturated carbocycles. The molecule has 0 amide bonds. The Morgan fingerprint density at radius 1 is 0.435 bits per heavy atom. The van der Waals surface area contributed by atoms with Gasteiger partial charge in [-0.15, -0.1) is 0 Å². The van der Waals surface area contributed by atoms with Crippen LogP contribution in [0.5, 0.6) is 0 Å². The summed E-state index contributed by atoms with van der Waals surface area (Å²) in [5, 5.41) is 6.01. The van der Waals surface area contributed by atoms with E-state index in [2.05, 4.69) is 110 Å². The van der Waals surface area contributed by atoms with Gasteiger partial charge in [-0.2, -0.15) is 0 Å². The van der Waals surface area contributed by atoms with Crippen LogP contribution in [0.15, 0.2) is 72.9 Å². The van der Waals surface area contributed by atoms with Crippen molar-refractivity contribution in [1.29, 1.82) is 0 Å². The van der Waals surface area contributed by atoms with Crippen LogP contribution in [-0.2, 0) is 19.2 Å². The minimum atomic E-state index is -1.14. The highest BCUT2D eigenvalue weighted by molar-refractivity contribution is 6.97. The molecule has 0 rings (SSSR count). The zero-order valence-electron chi connectivity index (χ0n) is 28.3. The Kier molecular flexibility index (Phi) is 44.8. The van der Waals surface area contributed by atoms with Crippen LogP contribution in [0.1, 0.15) is 142 Å². The molecule has 0 radical (unpaired) electrons. The van der Waals surface area contributed by atoms with E-state index in [1.165, 1.54) is 32.1 Å². The van der Waals surface area contributed by atoms with Gasteiger partial charge in [0.2, 0.25) is 5.24 Å². The van der Waals surface area contributed by atoms with Gasteiger partial charge in [0.05, 0.1) is 0 Å². The number of carboxylic acid groups (broad SMARTS) is 1. The molecule has 0 aromatic rings. The quantitative estimate of drug-likeness (QED) is 0.0398. The molecule has 262 valence electrons. The average molecular weight is 702 g/mol. The summed E-state index contributed by atoms with van der Waals surface area (Å²) in [7, 11) is 0. The molecule has 0 unspecified atom stereocenters. The maximum atomic E-state index is 10.5. The van der Waals surface area contributed by atoms with Crippen LogP contribution in [0, 0.1) is 0 Å². The monoisotopic (exact) mass is 700 g/mol. The molecule has 0 aliphatic carbocycles. The number of carbonyl (C=O) groups excluding carboxylic acids is 3. The molecule has 5 nitrogen and oxygen atoms in total. The highest BCUT2D eigenvalue weighted by atomic mass is 35.5. The van der Waals surface area contributed by atoms with E-state index in [0.717, 1.165) is 83.5 Å². The van der Waals surface area contributed by atoms with E-state index in [-0.39, 0.29) is 5.24 Å². The Morgan fingerprint density at radius 2 is 0.739 bits per heavy atom. The highest BCUT2D eigenvalue weighted by Crippen LogP contribution is 2.09. The van der Waals surface area contributed by atoms with Crippen LogP contribution in [0.25, 0.3) is 0 Å². The third-order valence-corrected chi connectivity index (χ3v) is 6.85. The molecular weight excluding hydrogens is 643 g/mol. The van der Waals surface area contributed by atoms with Crippen molar-refractivity contribution in [1.82, 2.24) is 0 Å². The van der Waals surface area contributed by atoms with Crippen molar-refractivity contribution in [2.45, 2.75) is 142 Å². The van der Waals surface area contributed by atoms with Gasteiger partial charge in [-0.25, -0.2) is 0 Å². The summed E-state index contributed by atoms with van der Waals surface area (Å²) in [5.41, 5.74) is 0. The number of halogens is 3. The standard InChI is InChI=1S/C18H29ClO.C18H30O2.C2Cl2O2/c2*1-2-3-4-5-6-7-8-9-10-11-12-13-14-15-16-17-18(19)20;3-1(5)2(4)6/h3-4,6-7,9-10H,2,5,8,11-17H2,1H3;3-4,6-7,9-10H,2,5,8,11-17H2,1H3,(H,19,20);/b2*4-3-,7-6-,10-9+;. The van der Waals surface area contributed by atoms with E-state index in [1.54, 1.807) is 0 Å². The van der Waals surface area contributed by atoms with Gasteiger partial charge >= 0.3 is 16.5 Å². The smallest absolute Gasteiger partial charge is 0.304 e. The third kappa shape index (κ3) is 54.3. The fourth-order valence-electron chi connectivity index (χ4n) is 3.78. The summed E-state index contributed by atoms with van der Waals surface area (Å²) in [6.45, 7) is 4.30. The number of carboxylic acids is 1. The second-order valence-electron chi connectivity index (χ2n) is 10.5. The minimum Gasteiger partial charge on any atom is -0.481 e. The lowest BCUT2D eigenvalue weighted by molar-refractivity contribution is -0.137. The van der Waals surface area contributed by atoms with Gasteiger partial charge < -0.3 is 5.11 Å². The van der Waals surface area contributed by atoms with E-state index in [4.69, 9.17) is 16.7 Å². The number of rotatable bonds is 27. The Hall–Kier alpha value is -2.21. The molecule has 0 saturated heterocycles. The average Bonchev–Trinajstić information content (AvgIpc) is 3.01. The number of hydrogen-bond acceptors (Lipinski definition) is 4. The maximum Gasteiger partial charge on any atom is 0.304 e. The Balaban J connectivity index is -0.000000682. The Labute approximate surface area is 294 Å². The van der Waals surface area contributed by atoms with Gasteiger partial charge in [0.1, 0.15) is 0 Å². The maximum absolute atomic E-state index is 10.5. The lowest BCUT2D eigenvalue weighted by atomic mass is 10.1. The van der Waals surface area contributed by atoms with E-state index in [1.807, 2.05) is 0 Å². The molecule has 0 heterocycles. The summed E-state index contributed by atoms with van der Waals surface area (Å²) in [6, 6.07) is 0. The number of hydrogen-bond donors (Lipinski definition) is 1. The van der Waals surface area contributed by atoms with Crippen molar-refractivity contribution in [2.75, 3.05) is 0 Å². The first-order valence-corrected chi connectivity index (χ1v) is 18.0. The van der Waals surface area contributed by atoms with Gasteiger partial charge in [-0.05, 0) is 112 Å².